The molecule has 0 atom stereocenters. The third kappa shape index (κ3) is 1.62. The van der Waals surface area contributed by atoms with Crippen LogP contribution in [0.2, 0.25) is 10.0 Å². The lowest BCUT2D eigenvalue weighted by Crippen LogP contribution is -1.92. The van der Waals surface area contributed by atoms with Gasteiger partial charge in [-0.2, -0.15) is 0 Å². The maximum Gasteiger partial charge on any atom is 0.295 e. The molecule has 1 aromatic heterocycles. The number of hydrogen-bond donors (Lipinski definition) is 0. The van der Waals surface area contributed by atoms with Gasteiger partial charge in [0.15, 0.2) is 5.52 Å². The highest BCUT2D eigenvalue weighted by atomic mass is 35.5. The summed E-state index contributed by atoms with van der Waals surface area (Å²) in [6, 6.07) is 4.29. The molecule has 2 aromatic rings. The van der Waals surface area contributed by atoms with E-state index < -0.39 is 4.92 Å². The molecule has 0 aliphatic carbocycles. The van der Waals surface area contributed by atoms with E-state index in [4.69, 9.17) is 23.2 Å². The molecule has 2 rings (SSSR count). The van der Waals surface area contributed by atoms with Crippen molar-refractivity contribution in [2.24, 2.45) is 0 Å². The molecule has 0 saturated carbocycles. The van der Waals surface area contributed by atoms with E-state index in [-0.39, 0.29) is 11.2 Å². The van der Waals surface area contributed by atoms with E-state index >= 15 is 0 Å². The molecule has 0 radical (unpaired) electrons. The van der Waals surface area contributed by atoms with Gasteiger partial charge in [-0.1, -0.05) is 23.2 Å². The Morgan fingerprint density at radius 1 is 1.20 bits per heavy atom. The fourth-order valence-electron chi connectivity index (χ4n) is 1.32. The predicted molar refractivity (Wildman–Crippen MR) is 58.4 cm³/mol. The van der Waals surface area contributed by atoms with Crippen LogP contribution in [0.3, 0.4) is 0 Å². The van der Waals surface area contributed by atoms with Crippen LogP contribution in [-0.2, 0) is 0 Å². The van der Waals surface area contributed by atoms with Crippen LogP contribution >= 0.6 is 23.2 Å². The third-order valence-corrected chi connectivity index (χ3v) is 2.60. The number of pyridine rings is 1. The minimum atomic E-state index is -0.512. The van der Waals surface area contributed by atoms with Crippen LogP contribution in [-0.4, -0.2) is 9.91 Å². The van der Waals surface area contributed by atoms with Crippen molar-refractivity contribution in [3.63, 3.8) is 0 Å². The quantitative estimate of drug-likeness (QED) is 0.569. The van der Waals surface area contributed by atoms with Crippen LogP contribution in [0.4, 0.5) is 5.69 Å². The number of aromatic nitrogens is 1. The Morgan fingerprint density at radius 2 is 1.87 bits per heavy atom. The van der Waals surface area contributed by atoms with Gasteiger partial charge in [-0.05, 0) is 12.1 Å². The number of non-ortho nitro benzene ring substituents is 1. The number of fused-ring (bicyclic) bond motifs is 1. The van der Waals surface area contributed by atoms with Gasteiger partial charge in [0, 0.05) is 17.6 Å². The van der Waals surface area contributed by atoms with Gasteiger partial charge < -0.3 is 0 Å². The molecular formula is C9H4Cl2N2O2. The van der Waals surface area contributed by atoms with Gasteiger partial charge in [0.2, 0.25) is 0 Å². The summed E-state index contributed by atoms with van der Waals surface area (Å²) < 4.78 is 0. The van der Waals surface area contributed by atoms with E-state index in [1.54, 1.807) is 6.07 Å². The second-order valence-corrected chi connectivity index (χ2v) is 3.65. The van der Waals surface area contributed by atoms with Crippen molar-refractivity contribution in [3.05, 3.63) is 44.6 Å². The van der Waals surface area contributed by atoms with Gasteiger partial charge >= 0.3 is 0 Å². The number of benzene rings is 1. The highest BCUT2D eigenvalue weighted by Crippen LogP contribution is 2.34. The molecule has 0 amide bonds. The Hall–Kier alpha value is -1.39. The van der Waals surface area contributed by atoms with E-state index in [1.165, 1.54) is 18.3 Å². The summed E-state index contributed by atoms with van der Waals surface area (Å²) in [5.74, 6) is 0. The second-order valence-electron chi connectivity index (χ2n) is 2.84. The summed E-state index contributed by atoms with van der Waals surface area (Å²) in [7, 11) is 0. The van der Waals surface area contributed by atoms with Crippen molar-refractivity contribution in [2.75, 3.05) is 0 Å². The molecule has 4 nitrogen and oxygen atoms in total. The zero-order chi connectivity index (χ0) is 11.0. The summed E-state index contributed by atoms with van der Waals surface area (Å²) in [5.41, 5.74) is 0.108. The molecule has 15 heavy (non-hydrogen) atoms. The SMILES string of the molecule is O=[N+]([O-])c1ccc(Cl)c2c(Cl)ccnc12. The van der Waals surface area contributed by atoms with Crippen LogP contribution in [0.5, 0.6) is 0 Å². The first-order chi connectivity index (χ1) is 7.11. The smallest absolute Gasteiger partial charge is 0.258 e. The summed E-state index contributed by atoms with van der Waals surface area (Å²) in [5, 5.41) is 11.8. The molecule has 0 fully saturated rings. The summed E-state index contributed by atoms with van der Waals surface area (Å²) in [6.07, 6.45) is 1.41. The Balaban J connectivity index is 2.95. The third-order valence-electron chi connectivity index (χ3n) is 1.97. The van der Waals surface area contributed by atoms with Gasteiger partial charge in [0.05, 0.1) is 15.0 Å². The normalized spacial score (nSPS) is 10.5. The van der Waals surface area contributed by atoms with Crippen LogP contribution < -0.4 is 0 Å². The number of halogens is 2. The molecule has 1 heterocycles. The maximum absolute atomic E-state index is 10.7. The Bertz CT molecular complexity index is 549. The average Bonchev–Trinajstić information content (AvgIpc) is 2.17. The average molecular weight is 243 g/mol. The van der Waals surface area contributed by atoms with Crippen LogP contribution in [0, 0.1) is 10.1 Å². The maximum atomic E-state index is 10.7. The van der Waals surface area contributed by atoms with E-state index in [2.05, 4.69) is 4.98 Å². The molecule has 0 spiro atoms. The lowest BCUT2D eigenvalue weighted by molar-refractivity contribution is -0.383. The van der Waals surface area contributed by atoms with E-state index in [1.807, 2.05) is 0 Å². The first kappa shape index (κ1) is 10.1. The van der Waals surface area contributed by atoms with Gasteiger partial charge in [-0.15, -0.1) is 0 Å². The Kier molecular flexibility index (Phi) is 2.46. The molecule has 0 unspecified atom stereocenters. The first-order valence-corrected chi connectivity index (χ1v) is 4.74. The van der Waals surface area contributed by atoms with E-state index in [9.17, 15) is 10.1 Å². The lowest BCUT2D eigenvalue weighted by atomic mass is 10.2. The highest BCUT2D eigenvalue weighted by molar-refractivity contribution is 6.42. The molecule has 76 valence electrons. The number of nitrogens with zero attached hydrogens (tertiary/aromatic N) is 2. The zero-order valence-corrected chi connectivity index (χ0v) is 8.79. The van der Waals surface area contributed by atoms with Crippen molar-refractivity contribution in [2.45, 2.75) is 0 Å². The summed E-state index contributed by atoms with van der Waals surface area (Å²) >= 11 is 11.8. The molecule has 0 N–H and O–H groups in total. The Labute approximate surface area is 94.6 Å². The van der Waals surface area contributed by atoms with Crippen molar-refractivity contribution in [3.8, 4) is 0 Å². The summed E-state index contributed by atoms with van der Waals surface area (Å²) in [4.78, 5) is 14.1. The standard InChI is InChI=1S/C9H4Cl2N2O2/c10-5-1-2-7(13(14)15)9-8(5)6(11)3-4-12-9/h1-4H. The minimum Gasteiger partial charge on any atom is -0.258 e. The summed E-state index contributed by atoms with van der Waals surface area (Å²) in [6.45, 7) is 0. The monoisotopic (exact) mass is 242 g/mol. The molecule has 1 aromatic carbocycles. The molecule has 0 saturated heterocycles. The van der Waals surface area contributed by atoms with Gasteiger partial charge in [0.1, 0.15) is 0 Å². The van der Waals surface area contributed by atoms with E-state index in [0.717, 1.165) is 0 Å². The van der Waals surface area contributed by atoms with Crippen LogP contribution in [0.15, 0.2) is 24.4 Å². The predicted octanol–water partition coefficient (Wildman–Crippen LogP) is 3.45. The van der Waals surface area contributed by atoms with Crippen LogP contribution in [0.25, 0.3) is 10.9 Å². The molecular weight excluding hydrogens is 239 g/mol. The van der Waals surface area contributed by atoms with Gasteiger partial charge in [-0.25, -0.2) is 4.98 Å². The highest BCUT2D eigenvalue weighted by Gasteiger charge is 2.16. The fourth-order valence-corrected chi connectivity index (χ4v) is 1.87. The molecule has 0 bridgehead atoms. The van der Waals surface area contributed by atoms with Crippen molar-refractivity contribution >= 4 is 39.8 Å². The number of nitro benzene ring substituents is 1. The van der Waals surface area contributed by atoms with E-state index in [0.29, 0.717) is 15.4 Å². The van der Waals surface area contributed by atoms with Gasteiger partial charge in [0.25, 0.3) is 5.69 Å². The largest absolute Gasteiger partial charge is 0.295 e. The molecule has 0 aliphatic heterocycles. The minimum absolute atomic E-state index is 0.100. The first-order valence-electron chi connectivity index (χ1n) is 3.98. The van der Waals surface area contributed by atoms with Crippen LogP contribution in [0.1, 0.15) is 0 Å². The number of hydrogen-bond acceptors (Lipinski definition) is 3. The molecule has 6 heteroatoms. The number of rotatable bonds is 1. The number of nitro groups is 1. The zero-order valence-electron chi connectivity index (χ0n) is 7.28. The topological polar surface area (TPSA) is 56.0 Å². The van der Waals surface area contributed by atoms with Gasteiger partial charge in [-0.3, -0.25) is 10.1 Å². The second kappa shape index (κ2) is 3.64. The van der Waals surface area contributed by atoms with Crippen molar-refractivity contribution in [1.29, 1.82) is 0 Å². The van der Waals surface area contributed by atoms with Crippen molar-refractivity contribution in [1.82, 2.24) is 4.98 Å². The Morgan fingerprint density at radius 3 is 2.53 bits per heavy atom. The fraction of sp³-hybridized carbons (Fsp3) is 0. The molecule has 0 aliphatic rings. The van der Waals surface area contributed by atoms with Crippen molar-refractivity contribution < 1.29 is 4.92 Å². The lowest BCUT2D eigenvalue weighted by Gasteiger charge is -2.02.